The van der Waals surface area contributed by atoms with Gasteiger partial charge in [0.1, 0.15) is 0 Å². The minimum atomic E-state index is 0.00561. The number of fused-ring (bicyclic) bond motifs is 1. The molecule has 0 N–H and O–H groups in total. The van der Waals surface area contributed by atoms with Crippen molar-refractivity contribution < 1.29 is 0 Å². The summed E-state index contributed by atoms with van der Waals surface area (Å²) in [7, 11) is 0. The average Bonchev–Trinajstić information content (AvgIpc) is 2.69. The smallest absolute Gasteiger partial charge is 0.256 e. The zero-order chi connectivity index (χ0) is 12.4. The van der Waals surface area contributed by atoms with Crippen molar-refractivity contribution in [3.05, 3.63) is 17.5 Å². The highest BCUT2D eigenvalue weighted by Crippen LogP contribution is 2.20. The molecule has 0 spiro atoms. The molecule has 2 aromatic heterocycles. The monoisotopic (exact) mass is 247 g/mol. The summed E-state index contributed by atoms with van der Waals surface area (Å²) in [6.07, 6.45) is 0. The summed E-state index contributed by atoms with van der Waals surface area (Å²) in [5.74, 6) is 1.34. The SMILES string of the molecule is Cc1cc(C)n2c(SC[C@@H](C)C#N)nnc2n1. The molecule has 17 heavy (non-hydrogen) atoms. The van der Waals surface area contributed by atoms with Crippen LogP contribution in [-0.2, 0) is 0 Å². The van der Waals surface area contributed by atoms with Crippen LogP contribution in [0.15, 0.2) is 11.2 Å². The van der Waals surface area contributed by atoms with Gasteiger partial charge in [-0.25, -0.2) is 4.98 Å². The molecule has 0 saturated carbocycles. The van der Waals surface area contributed by atoms with Crippen molar-refractivity contribution in [3.8, 4) is 6.07 Å². The second-order valence-electron chi connectivity index (χ2n) is 4.00. The standard InChI is InChI=1S/C11H13N5S/c1-7(5-12)6-17-11-15-14-10-13-8(2)4-9(3)16(10)11/h4,7H,6H2,1-3H3/t7-/m0/s1. The highest BCUT2D eigenvalue weighted by Gasteiger charge is 2.11. The summed E-state index contributed by atoms with van der Waals surface area (Å²) in [5, 5.41) is 17.7. The van der Waals surface area contributed by atoms with Gasteiger partial charge in [-0.15, -0.1) is 10.2 Å². The van der Waals surface area contributed by atoms with Gasteiger partial charge in [0.2, 0.25) is 0 Å². The van der Waals surface area contributed by atoms with E-state index in [0.29, 0.717) is 11.5 Å². The zero-order valence-corrected chi connectivity index (χ0v) is 10.8. The van der Waals surface area contributed by atoms with Gasteiger partial charge in [0.25, 0.3) is 5.78 Å². The van der Waals surface area contributed by atoms with E-state index in [4.69, 9.17) is 5.26 Å². The molecule has 0 bridgehead atoms. The first kappa shape index (κ1) is 11.9. The van der Waals surface area contributed by atoms with E-state index >= 15 is 0 Å². The van der Waals surface area contributed by atoms with Crippen molar-refractivity contribution in [2.45, 2.75) is 25.9 Å². The van der Waals surface area contributed by atoms with Crippen molar-refractivity contribution in [3.63, 3.8) is 0 Å². The van der Waals surface area contributed by atoms with Gasteiger partial charge in [-0.05, 0) is 26.8 Å². The van der Waals surface area contributed by atoms with Crippen molar-refractivity contribution in [2.75, 3.05) is 5.75 Å². The van der Waals surface area contributed by atoms with Gasteiger partial charge >= 0.3 is 0 Å². The Hall–Kier alpha value is -1.61. The predicted molar refractivity (Wildman–Crippen MR) is 65.8 cm³/mol. The Labute approximate surface area is 104 Å². The number of aryl methyl sites for hydroxylation is 2. The number of aromatic nitrogens is 4. The molecule has 0 aliphatic heterocycles. The lowest BCUT2D eigenvalue weighted by Crippen LogP contribution is -1.99. The quantitative estimate of drug-likeness (QED) is 0.776. The Morgan fingerprint density at radius 2 is 2.24 bits per heavy atom. The minimum Gasteiger partial charge on any atom is -0.259 e. The van der Waals surface area contributed by atoms with E-state index in [0.717, 1.165) is 16.5 Å². The number of rotatable bonds is 3. The summed E-state index contributed by atoms with van der Waals surface area (Å²) < 4.78 is 1.92. The molecule has 1 atom stereocenters. The molecule has 2 rings (SSSR count). The van der Waals surface area contributed by atoms with Gasteiger partial charge in [0.05, 0.1) is 12.0 Å². The Morgan fingerprint density at radius 1 is 1.47 bits per heavy atom. The molecule has 88 valence electrons. The first-order valence-electron chi connectivity index (χ1n) is 5.33. The summed E-state index contributed by atoms with van der Waals surface area (Å²) in [5.41, 5.74) is 1.99. The van der Waals surface area contributed by atoms with Crippen LogP contribution in [0.25, 0.3) is 5.78 Å². The molecule has 6 heteroatoms. The molecule has 0 unspecified atom stereocenters. The average molecular weight is 247 g/mol. The summed E-state index contributed by atoms with van der Waals surface area (Å²) in [6, 6.07) is 4.20. The van der Waals surface area contributed by atoms with Crippen molar-refractivity contribution in [1.29, 1.82) is 5.26 Å². The maximum atomic E-state index is 8.75. The molecular formula is C11H13N5S. The molecule has 0 aliphatic rings. The highest BCUT2D eigenvalue weighted by atomic mass is 32.2. The maximum absolute atomic E-state index is 8.75. The molecule has 0 aliphatic carbocycles. The Kier molecular flexibility index (Phi) is 3.29. The molecule has 5 nitrogen and oxygen atoms in total. The van der Waals surface area contributed by atoms with Crippen LogP contribution in [0.5, 0.6) is 0 Å². The van der Waals surface area contributed by atoms with Crippen LogP contribution in [0.1, 0.15) is 18.3 Å². The van der Waals surface area contributed by atoms with Crippen molar-refractivity contribution >= 4 is 17.5 Å². The summed E-state index contributed by atoms with van der Waals surface area (Å²) in [4.78, 5) is 4.32. The molecule has 0 aromatic carbocycles. The van der Waals surface area contributed by atoms with E-state index in [1.165, 1.54) is 11.8 Å². The third-order valence-corrected chi connectivity index (χ3v) is 3.54. The third-order valence-electron chi connectivity index (χ3n) is 2.35. The van der Waals surface area contributed by atoms with Gasteiger partial charge < -0.3 is 0 Å². The first-order chi connectivity index (χ1) is 8.11. The second kappa shape index (κ2) is 4.72. The molecule has 0 saturated heterocycles. The van der Waals surface area contributed by atoms with Crippen LogP contribution >= 0.6 is 11.8 Å². The maximum Gasteiger partial charge on any atom is 0.256 e. The lowest BCUT2D eigenvalue weighted by atomic mass is 10.3. The summed E-state index contributed by atoms with van der Waals surface area (Å²) in [6.45, 7) is 5.83. The number of hydrogen-bond acceptors (Lipinski definition) is 5. The van der Waals surface area contributed by atoms with Crippen LogP contribution in [0.2, 0.25) is 0 Å². The topological polar surface area (TPSA) is 66.9 Å². The third kappa shape index (κ3) is 2.39. The Bertz CT molecular complexity index is 583. The Morgan fingerprint density at radius 3 is 2.94 bits per heavy atom. The van der Waals surface area contributed by atoms with E-state index in [1.54, 1.807) is 0 Å². The van der Waals surface area contributed by atoms with Crippen LogP contribution in [0.3, 0.4) is 0 Å². The number of thioether (sulfide) groups is 1. The van der Waals surface area contributed by atoms with Crippen LogP contribution in [0, 0.1) is 31.1 Å². The molecule has 0 amide bonds. The first-order valence-corrected chi connectivity index (χ1v) is 6.32. The largest absolute Gasteiger partial charge is 0.259 e. The normalized spacial score (nSPS) is 12.6. The lowest BCUT2D eigenvalue weighted by molar-refractivity contribution is 0.844. The number of nitrogens with zero attached hydrogens (tertiary/aromatic N) is 5. The fourth-order valence-corrected chi connectivity index (χ4v) is 2.46. The van der Waals surface area contributed by atoms with Crippen LogP contribution < -0.4 is 0 Å². The van der Waals surface area contributed by atoms with Crippen LogP contribution in [-0.4, -0.2) is 25.3 Å². The lowest BCUT2D eigenvalue weighted by Gasteiger charge is -2.04. The van der Waals surface area contributed by atoms with E-state index in [-0.39, 0.29) is 5.92 Å². The second-order valence-corrected chi connectivity index (χ2v) is 4.99. The molecule has 2 heterocycles. The molecule has 2 aromatic rings. The molecular weight excluding hydrogens is 234 g/mol. The van der Waals surface area contributed by atoms with Gasteiger partial charge in [0.15, 0.2) is 5.16 Å². The van der Waals surface area contributed by atoms with Gasteiger partial charge in [0, 0.05) is 17.1 Å². The van der Waals surface area contributed by atoms with Gasteiger partial charge in [-0.2, -0.15) is 5.26 Å². The Balaban J connectivity index is 2.33. The van der Waals surface area contributed by atoms with Gasteiger partial charge in [-0.1, -0.05) is 11.8 Å². The molecule has 0 radical (unpaired) electrons. The van der Waals surface area contributed by atoms with E-state index in [2.05, 4.69) is 21.3 Å². The number of hydrogen-bond donors (Lipinski definition) is 0. The van der Waals surface area contributed by atoms with E-state index in [9.17, 15) is 0 Å². The van der Waals surface area contributed by atoms with E-state index in [1.807, 2.05) is 31.2 Å². The van der Waals surface area contributed by atoms with Crippen molar-refractivity contribution in [1.82, 2.24) is 19.6 Å². The minimum absolute atomic E-state index is 0.00561. The fourth-order valence-electron chi connectivity index (χ4n) is 1.53. The number of nitriles is 1. The van der Waals surface area contributed by atoms with E-state index < -0.39 is 0 Å². The summed E-state index contributed by atoms with van der Waals surface area (Å²) >= 11 is 1.54. The highest BCUT2D eigenvalue weighted by molar-refractivity contribution is 7.99. The van der Waals surface area contributed by atoms with Crippen LogP contribution in [0.4, 0.5) is 0 Å². The molecule has 0 fully saturated rings. The zero-order valence-electron chi connectivity index (χ0n) is 10.0. The predicted octanol–water partition coefficient (Wildman–Crippen LogP) is 1.99. The fraction of sp³-hybridized carbons (Fsp3) is 0.455. The van der Waals surface area contributed by atoms with Gasteiger partial charge in [-0.3, -0.25) is 4.40 Å². The van der Waals surface area contributed by atoms with Crippen molar-refractivity contribution in [2.24, 2.45) is 5.92 Å².